The molecule has 2 N–H and O–H groups in total. The first-order chi connectivity index (χ1) is 7.45. The maximum atomic E-state index is 10.8. The van der Waals surface area contributed by atoms with Crippen LogP contribution in [-0.4, -0.2) is 16.2 Å². The van der Waals surface area contributed by atoms with E-state index in [1.807, 2.05) is 0 Å². The minimum absolute atomic E-state index is 0.0968. The maximum Gasteiger partial charge on any atom is 0.331 e. The highest BCUT2D eigenvalue weighted by atomic mass is 35.5. The summed E-state index contributed by atoms with van der Waals surface area (Å²) < 4.78 is 0. The van der Waals surface area contributed by atoms with Crippen molar-refractivity contribution < 1.29 is 15.0 Å². The number of rotatable bonds is 3. The van der Waals surface area contributed by atoms with Gasteiger partial charge in [0.25, 0.3) is 0 Å². The summed E-state index contributed by atoms with van der Waals surface area (Å²) in [5.74, 6) is -1.18. The Morgan fingerprint density at radius 1 is 1.38 bits per heavy atom. The predicted molar refractivity (Wildman–Crippen MR) is 64.0 cm³/mol. The van der Waals surface area contributed by atoms with Crippen molar-refractivity contribution >= 4 is 35.2 Å². The quantitative estimate of drug-likeness (QED) is 0.817. The lowest BCUT2D eigenvalue weighted by Gasteiger charge is -2.03. The molecule has 0 atom stereocenters. The van der Waals surface area contributed by atoms with Crippen LogP contribution in [0.2, 0.25) is 10.0 Å². The lowest BCUT2D eigenvalue weighted by Crippen LogP contribution is -1.98. The zero-order chi connectivity index (χ0) is 12.3. The number of aliphatic carboxylic acids is 1. The van der Waals surface area contributed by atoms with E-state index in [9.17, 15) is 9.90 Å². The first-order valence-corrected chi connectivity index (χ1v) is 5.33. The van der Waals surface area contributed by atoms with Crippen molar-refractivity contribution in [2.75, 3.05) is 0 Å². The molecule has 0 saturated carbocycles. The van der Waals surface area contributed by atoms with Gasteiger partial charge in [0, 0.05) is 5.57 Å². The Labute approximate surface area is 103 Å². The van der Waals surface area contributed by atoms with Gasteiger partial charge in [0.15, 0.2) is 5.75 Å². The monoisotopic (exact) mass is 260 g/mol. The number of aromatic hydroxyl groups is 1. The summed E-state index contributed by atoms with van der Waals surface area (Å²) in [6, 6.07) is 2.92. The molecule has 0 aliphatic rings. The van der Waals surface area contributed by atoms with E-state index >= 15 is 0 Å². The number of hydrogen-bond donors (Lipinski definition) is 2. The van der Waals surface area contributed by atoms with Gasteiger partial charge in [-0.2, -0.15) is 0 Å². The van der Waals surface area contributed by atoms with E-state index in [0.29, 0.717) is 12.0 Å². The number of carboxylic acid groups (broad SMARTS) is 1. The van der Waals surface area contributed by atoms with Crippen LogP contribution in [0.5, 0.6) is 5.75 Å². The number of phenolic OH excluding ortho intramolecular Hbond substituents is 1. The topological polar surface area (TPSA) is 57.5 Å². The molecule has 0 heterocycles. The first-order valence-electron chi connectivity index (χ1n) is 4.57. The Morgan fingerprint density at radius 3 is 2.25 bits per heavy atom. The van der Waals surface area contributed by atoms with E-state index in [0.717, 1.165) is 0 Å². The van der Waals surface area contributed by atoms with Crippen molar-refractivity contribution in [3.05, 3.63) is 33.3 Å². The van der Waals surface area contributed by atoms with E-state index in [2.05, 4.69) is 0 Å². The van der Waals surface area contributed by atoms with Gasteiger partial charge >= 0.3 is 5.97 Å². The standard InChI is InChI=1S/C11H10Cl2O3/c1-2-7(11(15)16)3-6-4-8(12)10(14)9(13)5-6/h3-5,14H,2H2,1H3,(H,15,16). The Hall–Kier alpha value is -1.19. The van der Waals surface area contributed by atoms with Crippen LogP contribution in [-0.2, 0) is 4.79 Å². The molecule has 1 rings (SSSR count). The molecule has 0 amide bonds. The van der Waals surface area contributed by atoms with Gasteiger partial charge in [-0.25, -0.2) is 4.79 Å². The normalized spacial score (nSPS) is 11.6. The second-order valence-corrected chi connectivity index (χ2v) is 3.98. The Morgan fingerprint density at radius 2 is 1.88 bits per heavy atom. The molecule has 0 unspecified atom stereocenters. The number of benzene rings is 1. The van der Waals surface area contributed by atoms with Crippen LogP contribution in [0, 0.1) is 0 Å². The highest BCUT2D eigenvalue weighted by molar-refractivity contribution is 6.37. The van der Waals surface area contributed by atoms with Gasteiger partial charge in [0.1, 0.15) is 0 Å². The molecular formula is C11H10Cl2O3. The maximum absolute atomic E-state index is 10.8. The minimum atomic E-state index is -0.984. The molecule has 0 fully saturated rings. The van der Waals surface area contributed by atoms with Crippen LogP contribution in [0.15, 0.2) is 17.7 Å². The average molecular weight is 261 g/mol. The van der Waals surface area contributed by atoms with Gasteiger partial charge in [-0.05, 0) is 30.2 Å². The summed E-state index contributed by atoms with van der Waals surface area (Å²) in [6.45, 7) is 1.74. The molecule has 1 aromatic rings. The molecule has 0 aliphatic carbocycles. The van der Waals surface area contributed by atoms with Gasteiger partial charge in [0.2, 0.25) is 0 Å². The average Bonchev–Trinajstić information content (AvgIpc) is 2.21. The van der Waals surface area contributed by atoms with Gasteiger partial charge < -0.3 is 10.2 Å². The van der Waals surface area contributed by atoms with Crippen molar-refractivity contribution in [2.24, 2.45) is 0 Å². The SMILES string of the molecule is CCC(=Cc1cc(Cl)c(O)c(Cl)c1)C(=O)O. The summed E-state index contributed by atoms with van der Waals surface area (Å²) in [7, 11) is 0. The third-order valence-corrected chi connectivity index (χ3v) is 2.61. The highest BCUT2D eigenvalue weighted by Gasteiger charge is 2.08. The molecular weight excluding hydrogens is 251 g/mol. The molecule has 16 heavy (non-hydrogen) atoms. The van der Waals surface area contributed by atoms with E-state index < -0.39 is 5.97 Å². The molecule has 3 nitrogen and oxygen atoms in total. The van der Waals surface area contributed by atoms with Crippen molar-refractivity contribution in [1.29, 1.82) is 0 Å². The van der Waals surface area contributed by atoms with Crippen LogP contribution in [0.4, 0.5) is 0 Å². The van der Waals surface area contributed by atoms with Crippen LogP contribution >= 0.6 is 23.2 Å². The van der Waals surface area contributed by atoms with Gasteiger partial charge in [-0.15, -0.1) is 0 Å². The first kappa shape index (κ1) is 12.9. The van der Waals surface area contributed by atoms with Gasteiger partial charge in [-0.1, -0.05) is 30.1 Å². The van der Waals surface area contributed by atoms with Crippen LogP contribution < -0.4 is 0 Å². The molecule has 0 spiro atoms. The third-order valence-electron chi connectivity index (χ3n) is 2.04. The fourth-order valence-corrected chi connectivity index (χ4v) is 1.69. The molecule has 0 bridgehead atoms. The summed E-state index contributed by atoms with van der Waals surface area (Å²) >= 11 is 11.4. The van der Waals surface area contributed by atoms with Gasteiger partial charge in [0.05, 0.1) is 10.0 Å². The molecule has 0 aliphatic heterocycles. The fourth-order valence-electron chi connectivity index (χ4n) is 1.18. The fraction of sp³-hybridized carbons (Fsp3) is 0.182. The number of phenols is 1. The number of halogens is 2. The lowest BCUT2D eigenvalue weighted by atomic mass is 10.1. The largest absolute Gasteiger partial charge is 0.505 e. The van der Waals surface area contributed by atoms with Crippen LogP contribution in [0.3, 0.4) is 0 Å². The minimum Gasteiger partial charge on any atom is -0.505 e. The summed E-state index contributed by atoms with van der Waals surface area (Å²) in [5, 5.41) is 18.4. The highest BCUT2D eigenvalue weighted by Crippen LogP contribution is 2.33. The lowest BCUT2D eigenvalue weighted by molar-refractivity contribution is -0.132. The summed E-state index contributed by atoms with van der Waals surface area (Å²) in [6.07, 6.45) is 1.87. The smallest absolute Gasteiger partial charge is 0.331 e. The van der Waals surface area contributed by atoms with Crippen molar-refractivity contribution in [2.45, 2.75) is 13.3 Å². The molecule has 5 heteroatoms. The van der Waals surface area contributed by atoms with E-state index in [1.54, 1.807) is 6.92 Å². The molecule has 0 aromatic heterocycles. The van der Waals surface area contributed by atoms with Gasteiger partial charge in [-0.3, -0.25) is 0 Å². The van der Waals surface area contributed by atoms with E-state index in [4.69, 9.17) is 28.3 Å². The van der Waals surface area contributed by atoms with Crippen molar-refractivity contribution in [3.63, 3.8) is 0 Å². The zero-order valence-electron chi connectivity index (χ0n) is 8.50. The number of carbonyl (C=O) groups is 1. The van der Waals surface area contributed by atoms with Crippen molar-refractivity contribution in [3.8, 4) is 5.75 Å². The molecule has 0 radical (unpaired) electrons. The summed E-state index contributed by atoms with van der Waals surface area (Å²) in [5.41, 5.74) is 0.796. The molecule has 86 valence electrons. The molecule has 1 aromatic carbocycles. The second-order valence-electron chi connectivity index (χ2n) is 3.16. The van der Waals surface area contributed by atoms with E-state index in [1.165, 1.54) is 18.2 Å². The van der Waals surface area contributed by atoms with Crippen LogP contribution in [0.25, 0.3) is 6.08 Å². The summed E-state index contributed by atoms with van der Waals surface area (Å²) in [4.78, 5) is 10.8. The van der Waals surface area contributed by atoms with Crippen molar-refractivity contribution in [1.82, 2.24) is 0 Å². The number of hydrogen-bond acceptors (Lipinski definition) is 2. The number of carboxylic acids is 1. The Kier molecular flexibility index (Phi) is 4.21. The second kappa shape index (κ2) is 5.23. The third kappa shape index (κ3) is 2.90. The van der Waals surface area contributed by atoms with E-state index in [-0.39, 0.29) is 21.4 Å². The predicted octanol–water partition coefficient (Wildman–Crippen LogP) is 3.58. The zero-order valence-corrected chi connectivity index (χ0v) is 10.0. The Balaban J connectivity index is 3.20. The Bertz CT molecular complexity index is 430. The van der Waals surface area contributed by atoms with Crippen LogP contribution in [0.1, 0.15) is 18.9 Å². The molecule has 0 saturated heterocycles.